The molecule has 2 heteroatoms. The van der Waals surface area contributed by atoms with Crippen molar-refractivity contribution < 1.29 is 9.47 Å². The van der Waals surface area contributed by atoms with E-state index in [0.29, 0.717) is 24.2 Å². The second-order valence-corrected chi connectivity index (χ2v) is 5.69. The van der Waals surface area contributed by atoms with Gasteiger partial charge in [0.2, 0.25) is 0 Å². The molecule has 0 aromatic rings. The Balaban J connectivity index is 2.82. The molecule has 1 aliphatic rings. The van der Waals surface area contributed by atoms with E-state index in [1.165, 1.54) is 6.42 Å². The molecule has 0 amide bonds. The maximum Gasteiger partial charge on any atom is 0.146 e. The highest BCUT2D eigenvalue weighted by Gasteiger charge is 2.55. The second kappa shape index (κ2) is 4.42. The van der Waals surface area contributed by atoms with Crippen molar-refractivity contribution in [3.63, 3.8) is 0 Å². The lowest BCUT2D eigenvalue weighted by Gasteiger charge is -2.43. The van der Waals surface area contributed by atoms with Crippen LogP contribution in [0.3, 0.4) is 0 Å². The van der Waals surface area contributed by atoms with Crippen LogP contribution in [0.1, 0.15) is 47.5 Å². The van der Waals surface area contributed by atoms with Crippen LogP contribution >= 0.6 is 0 Å². The number of ether oxygens (including phenoxy) is 2. The van der Waals surface area contributed by atoms with Gasteiger partial charge in [0.25, 0.3) is 0 Å². The zero-order valence-corrected chi connectivity index (χ0v) is 11.1. The Labute approximate surface area is 94.3 Å². The summed E-state index contributed by atoms with van der Waals surface area (Å²) in [6, 6.07) is 0. The van der Waals surface area contributed by atoms with E-state index in [9.17, 15) is 0 Å². The second-order valence-electron chi connectivity index (χ2n) is 5.69. The molecule has 90 valence electrons. The summed E-state index contributed by atoms with van der Waals surface area (Å²) in [5, 5.41) is 0. The monoisotopic (exact) mass is 214 g/mol. The molecule has 0 aliphatic heterocycles. The summed E-state index contributed by atoms with van der Waals surface area (Å²) in [6.45, 7) is 12.1. The maximum absolute atomic E-state index is 5.84. The van der Waals surface area contributed by atoms with Crippen LogP contribution in [0.2, 0.25) is 0 Å². The van der Waals surface area contributed by atoms with E-state index in [1.54, 1.807) is 7.11 Å². The first kappa shape index (κ1) is 13.0. The van der Waals surface area contributed by atoms with E-state index in [1.807, 2.05) is 0 Å². The molecule has 0 radical (unpaired) electrons. The van der Waals surface area contributed by atoms with Gasteiger partial charge in [-0.2, -0.15) is 0 Å². The van der Waals surface area contributed by atoms with Gasteiger partial charge in [-0.05, 0) is 29.6 Å². The molecule has 0 saturated heterocycles. The highest BCUT2D eigenvalue weighted by atomic mass is 16.7. The van der Waals surface area contributed by atoms with Crippen molar-refractivity contribution in [3.8, 4) is 0 Å². The summed E-state index contributed by atoms with van der Waals surface area (Å²) in [5.74, 6) is 0.712. The summed E-state index contributed by atoms with van der Waals surface area (Å²) < 4.78 is 10.9. The van der Waals surface area contributed by atoms with E-state index < -0.39 is 0 Å². The standard InChI is InChI=1S/C13H26O2/c1-7-13(5)11(15-9-14-6)8-10(2)12(13,3)4/h10-11H,7-9H2,1-6H3. The molecule has 1 rings (SSSR count). The van der Waals surface area contributed by atoms with Crippen molar-refractivity contribution in [2.45, 2.75) is 53.6 Å². The quantitative estimate of drug-likeness (QED) is 0.667. The minimum Gasteiger partial charge on any atom is -0.359 e. The summed E-state index contributed by atoms with van der Waals surface area (Å²) in [7, 11) is 1.69. The Morgan fingerprint density at radius 3 is 2.33 bits per heavy atom. The Hall–Kier alpha value is -0.0800. The molecule has 0 spiro atoms. The molecular weight excluding hydrogens is 188 g/mol. The Morgan fingerprint density at radius 2 is 1.87 bits per heavy atom. The number of hydrogen-bond donors (Lipinski definition) is 0. The number of rotatable bonds is 4. The van der Waals surface area contributed by atoms with Crippen molar-refractivity contribution in [1.29, 1.82) is 0 Å². The van der Waals surface area contributed by atoms with Crippen molar-refractivity contribution >= 4 is 0 Å². The van der Waals surface area contributed by atoms with Crippen LogP contribution < -0.4 is 0 Å². The lowest BCUT2D eigenvalue weighted by atomic mass is 9.64. The van der Waals surface area contributed by atoms with Gasteiger partial charge in [-0.3, -0.25) is 0 Å². The fourth-order valence-electron chi connectivity index (χ4n) is 2.94. The fraction of sp³-hybridized carbons (Fsp3) is 1.00. The zero-order valence-electron chi connectivity index (χ0n) is 11.1. The molecule has 0 aromatic heterocycles. The van der Waals surface area contributed by atoms with Gasteiger partial charge in [0.15, 0.2) is 0 Å². The molecule has 15 heavy (non-hydrogen) atoms. The molecule has 0 heterocycles. The van der Waals surface area contributed by atoms with Gasteiger partial charge in [-0.1, -0.05) is 34.6 Å². The Kier molecular flexibility index (Phi) is 3.83. The van der Waals surface area contributed by atoms with E-state index in [4.69, 9.17) is 9.47 Å². The van der Waals surface area contributed by atoms with E-state index in [2.05, 4.69) is 34.6 Å². The van der Waals surface area contributed by atoms with Gasteiger partial charge in [0, 0.05) is 7.11 Å². The summed E-state index contributed by atoms with van der Waals surface area (Å²) in [5.41, 5.74) is 0.616. The van der Waals surface area contributed by atoms with Crippen molar-refractivity contribution in [3.05, 3.63) is 0 Å². The Bertz CT molecular complexity index is 213. The van der Waals surface area contributed by atoms with E-state index in [0.717, 1.165) is 6.42 Å². The highest BCUT2D eigenvalue weighted by molar-refractivity contribution is 5.04. The average molecular weight is 214 g/mol. The summed E-state index contributed by atoms with van der Waals surface area (Å²) in [4.78, 5) is 0. The topological polar surface area (TPSA) is 18.5 Å². The smallest absolute Gasteiger partial charge is 0.146 e. The van der Waals surface area contributed by atoms with Gasteiger partial charge in [-0.15, -0.1) is 0 Å². The van der Waals surface area contributed by atoms with Gasteiger partial charge >= 0.3 is 0 Å². The third-order valence-electron chi connectivity index (χ3n) is 5.10. The predicted molar refractivity (Wildman–Crippen MR) is 62.7 cm³/mol. The van der Waals surface area contributed by atoms with Crippen molar-refractivity contribution in [1.82, 2.24) is 0 Å². The lowest BCUT2D eigenvalue weighted by Crippen LogP contribution is -2.40. The van der Waals surface area contributed by atoms with Crippen molar-refractivity contribution in [2.24, 2.45) is 16.7 Å². The highest BCUT2D eigenvalue weighted by Crippen LogP contribution is 2.58. The van der Waals surface area contributed by atoms with Crippen LogP contribution in [0.4, 0.5) is 0 Å². The van der Waals surface area contributed by atoms with Gasteiger partial charge in [0.1, 0.15) is 6.79 Å². The van der Waals surface area contributed by atoms with Crippen LogP contribution in [0.5, 0.6) is 0 Å². The molecule has 1 fully saturated rings. The first-order chi connectivity index (χ1) is 6.90. The number of hydrogen-bond acceptors (Lipinski definition) is 2. The first-order valence-corrected chi connectivity index (χ1v) is 6.00. The molecule has 1 saturated carbocycles. The molecular formula is C13H26O2. The zero-order chi connectivity index (χ0) is 11.7. The third kappa shape index (κ3) is 1.94. The molecule has 1 aliphatic carbocycles. The molecule has 3 unspecified atom stereocenters. The summed E-state index contributed by atoms with van der Waals surface area (Å²) >= 11 is 0. The van der Waals surface area contributed by atoms with Crippen LogP contribution in [0.15, 0.2) is 0 Å². The van der Waals surface area contributed by atoms with Gasteiger partial charge in [-0.25, -0.2) is 0 Å². The first-order valence-electron chi connectivity index (χ1n) is 6.00. The molecule has 0 N–H and O–H groups in total. The molecule has 3 atom stereocenters. The average Bonchev–Trinajstić information content (AvgIpc) is 2.37. The minimum atomic E-state index is 0.269. The van der Waals surface area contributed by atoms with Gasteiger partial charge < -0.3 is 9.47 Å². The lowest BCUT2D eigenvalue weighted by molar-refractivity contribution is -0.121. The Morgan fingerprint density at radius 1 is 1.27 bits per heavy atom. The van der Waals surface area contributed by atoms with E-state index in [-0.39, 0.29) is 5.41 Å². The molecule has 2 nitrogen and oxygen atoms in total. The third-order valence-corrected chi connectivity index (χ3v) is 5.10. The van der Waals surface area contributed by atoms with Crippen LogP contribution in [-0.2, 0) is 9.47 Å². The normalized spacial score (nSPS) is 39.6. The number of methoxy groups -OCH3 is 1. The molecule has 0 bridgehead atoms. The maximum atomic E-state index is 5.84. The summed E-state index contributed by atoms with van der Waals surface area (Å²) in [6.07, 6.45) is 2.66. The van der Waals surface area contributed by atoms with E-state index >= 15 is 0 Å². The van der Waals surface area contributed by atoms with Gasteiger partial charge in [0.05, 0.1) is 6.10 Å². The van der Waals surface area contributed by atoms with Crippen molar-refractivity contribution in [2.75, 3.05) is 13.9 Å². The minimum absolute atomic E-state index is 0.269. The predicted octanol–water partition coefficient (Wildman–Crippen LogP) is 3.46. The molecule has 0 aromatic carbocycles. The fourth-order valence-corrected chi connectivity index (χ4v) is 2.94. The SMILES string of the molecule is CCC1(C)C(OCOC)CC(C)C1(C)C. The van der Waals surface area contributed by atoms with Crippen LogP contribution in [0, 0.1) is 16.7 Å². The van der Waals surface area contributed by atoms with Crippen LogP contribution in [0.25, 0.3) is 0 Å². The van der Waals surface area contributed by atoms with Crippen LogP contribution in [-0.4, -0.2) is 20.0 Å². The largest absolute Gasteiger partial charge is 0.359 e.